The van der Waals surface area contributed by atoms with Crippen LogP contribution in [-0.4, -0.2) is 9.78 Å². The fourth-order valence-electron chi connectivity index (χ4n) is 1.78. The Morgan fingerprint density at radius 1 is 1.15 bits per heavy atom. The van der Waals surface area contributed by atoms with Crippen LogP contribution in [0.3, 0.4) is 0 Å². The van der Waals surface area contributed by atoms with Crippen LogP contribution in [0.4, 0.5) is 0 Å². The molecule has 0 aliphatic heterocycles. The number of halogens is 4. The van der Waals surface area contributed by atoms with Gasteiger partial charge in [0.1, 0.15) is 12.4 Å². The molecule has 1 heterocycles. The van der Waals surface area contributed by atoms with Crippen molar-refractivity contribution in [3.05, 3.63) is 41.4 Å². The number of aromatic nitrogens is 2. The van der Waals surface area contributed by atoms with Crippen LogP contribution in [0.2, 0.25) is 0 Å². The Morgan fingerprint density at radius 3 is 2.25 bits per heavy atom. The second kappa shape index (κ2) is 6.94. The summed E-state index contributed by atoms with van der Waals surface area (Å²) in [5.74, 6) is 0.777. The third kappa shape index (κ3) is 3.48. The minimum atomic E-state index is 0.447. The monoisotopic (exact) mass is 528 g/mol. The van der Waals surface area contributed by atoms with E-state index in [4.69, 9.17) is 4.74 Å². The van der Waals surface area contributed by atoms with Crippen molar-refractivity contribution in [3.63, 3.8) is 0 Å². The molecule has 1 aromatic heterocycles. The van der Waals surface area contributed by atoms with Gasteiger partial charge in [-0.3, -0.25) is 4.68 Å². The number of nitrogens with zero attached hydrogens (tertiary/aromatic N) is 2. The molecule has 0 fully saturated rings. The van der Waals surface area contributed by atoms with Crippen LogP contribution < -0.4 is 4.74 Å². The molecule has 3 nitrogen and oxygen atoms in total. The molecule has 2 aromatic rings. The summed E-state index contributed by atoms with van der Waals surface area (Å²) in [5, 5.41) is 4.46. The molecule has 0 aliphatic carbocycles. The lowest BCUT2D eigenvalue weighted by molar-refractivity contribution is 0.290. The Morgan fingerprint density at radius 2 is 1.75 bits per heavy atom. The van der Waals surface area contributed by atoms with Crippen LogP contribution in [0.5, 0.6) is 5.75 Å². The zero-order valence-electron chi connectivity index (χ0n) is 10.9. The Balaban J connectivity index is 2.24. The molecule has 0 aliphatic rings. The van der Waals surface area contributed by atoms with Crippen molar-refractivity contribution in [3.8, 4) is 5.75 Å². The molecular formula is C13H12Br4N2O. The molecule has 0 radical (unpaired) electrons. The van der Waals surface area contributed by atoms with Gasteiger partial charge in [0.2, 0.25) is 0 Å². The molecule has 0 bridgehead atoms. The Bertz CT molecular complexity index is 617. The standard InChI is InChI=1S/C13H12Br4N2O/c1-3-10-12(17)11(19(2)18-10)6-20-13-8(15)4-7(14)5-9(13)16/h4-5H,3,6H2,1-2H3. The Labute approximate surface area is 151 Å². The van der Waals surface area contributed by atoms with E-state index in [0.29, 0.717) is 6.61 Å². The van der Waals surface area contributed by atoms with Crippen molar-refractivity contribution in [1.29, 1.82) is 0 Å². The third-order valence-electron chi connectivity index (χ3n) is 2.82. The van der Waals surface area contributed by atoms with Gasteiger partial charge in [-0.05, 0) is 66.3 Å². The quantitative estimate of drug-likeness (QED) is 0.513. The number of ether oxygens (including phenoxy) is 1. The zero-order chi connectivity index (χ0) is 14.9. The van der Waals surface area contributed by atoms with Crippen LogP contribution in [0.25, 0.3) is 0 Å². The summed E-state index contributed by atoms with van der Waals surface area (Å²) >= 11 is 14.0. The van der Waals surface area contributed by atoms with Crippen molar-refractivity contribution in [1.82, 2.24) is 9.78 Å². The lowest BCUT2D eigenvalue weighted by Gasteiger charge is -2.11. The first-order chi connectivity index (χ1) is 9.43. The fraction of sp³-hybridized carbons (Fsp3) is 0.308. The van der Waals surface area contributed by atoms with Gasteiger partial charge >= 0.3 is 0 Å². The van der Waals surface area contributed by atoms with Crippen molar-refractivity contribution < 1.29 is 4.74 Å². The molecule has 2 rings (SSSR count). The maximum absolute atomic E-state index is 5.92. The molecule has 7 heteroatoms. The highest BCUT2D eigenvalue weighted by molar-refractivity contribution is 9.11. The van der Waals surface area contributed by atoms with Gasteiger partial charge < -0.3 is 4.74 Å². The number of hydrogen-bond acceptors (Lipinski definition) is 2. The highest BCUT2D eigenvalue weighted by Gasteiger charge is 2.15. The number of aryl methyl sites for hydroxylation is 2. The van der Waals surface area contributed by atoms with Gasteiger partial charge in [-0.1, -0.05) is 22.9 Å². The first kappa shape index (κ1) is 16.5. The predicted octanol–water partition coefficient (Wildman–Crippen LogP) is 5.61. The highest BCUT2D eigenvalue weighted by Crippen LogP contribution is 2.37. The fourth-order valence-corrected chi connectivity index (χ4v) is 5.00. The van der Waals surface area contributed by atoms with Crippen LogP contribution in [-0.2, 0) is 20.1 Å². The van der Waals surface area contributed by atoms with E-state index in [1.807, 2.05) is 23.9 Å². The maximum atomic E-state index is 5.92. The van der Waals surface area contributed by atoms with Crippen molar-refractivity contribution in [2.75, 3.05) is 0 Å². The largest absolute Gasteiger partial charge is 0.485 e. The molecule has 108 valence electrons. The summed E-state index contributed by atoms with van der Waals surface area (Å²) < 4.78 is 11.6. The van der Waals surface area contributed by atoms with Gasteiger partial charge in [0.25, 0.3) is 0 Å². The summed E-state index contributed by atoms with van der Waals surface area (Å²) in [7, 11) is 1.92. The van der Waals surface area contributed by atoms with E-state index in [1.54, 1.807) is 0 Å². The molecule has 1 aromatic carbocycles. The van der Waals surface area contributed by atoms with Crippen LogP contribution in [0, 0.1) is 0 Å². The van der Waals surface area contributed by atoms with Crippen LogP contribution in [0.15, 0.2) is 30.0 Å². The zero-order valence-corrected chi connectivity index (χ0v) is 17.2. The average Bonchev–Trinajstić information content (AvgIpc) is 2.64. The summed E-state index contributed by atoms with van der Waals surface area (Å²) in [6.07, 6.45) is 0.889. The average molecular weight is 532 g/mol. The smallest absolute Gasteiger partial charge is 0.148 e. The van der Waals surface area contributed by atoms with Crippen LogP contribution in [0.1, 0.15) is 18.3 Å². The molecule has 0 saturated carbocycles. The topological polar surface area (TPSA) is 27.1 Å². The first-order valence-electron chi connectivity index (χ1n) is 5.91. The van der Waals surface area contributed by atoms with E-state index in [9.17, 15) is 0 Å². The van der Waals surface area contributed by atoms with E-state index >= 15 is 0 Å². The molecule has 0 amide bonds. The predicted molar refractivity (Wildman–Crippen MR) is 94.2 cm³/mol. The molecule has 20 heavy (non-hydrogen) atoms. The second-order valence-electron chi connectivity index (χ2n) is 4.17. The van der Waals surface area contributed by atoms with Gasteiger partial charge in [0, 0.05) is 11.5 Å². The Kier molecular flexibility index (Phi) is 5.73. The van der Waals surface area contributed by atoms with E-state index < -0.39 is 0 Å². The van der Waals surface area contributed by atoms with E-state index in [0.717, 1.165) is 41.4 Å². The lowest BCUT2D eigenvalue weighted by atomic mass is 10.3. The van der Waals surface area contributed by atoms with Gasteiger partial charge in [0.15, 0.2) is 0 Å². The normalized spacial score (nSPS) is 10.9. The highest BCUT2D eigenvalue weighted by atomic mass is 79.9. The molecule has 0 spiro atoms. The van der Waals surface area contributed by atoms with Gasteiger partial charge in [0.05, 0.1) is 24.8 Å². The molecule has 0 N–H and O–H groups in total. The summed E-state index contributed by atoms with van der Waals surface area (Å²) in [6, 6.07) is 3.91. The minimum Gasteiger partial charge on any atom is -0.485 e. The third-order valence-corrected chi connectivity index (χ3v) is 5.37. The van der Waals surface area contributed by atoms with Crippen molar-refractivity contribution >= 4 is 63.7 Å². The summed E-state index contributed by atoms with van der Waals surface area (Å²) in [6.45, 7) is 2.53. The van der Waals surface area contributed by atoms with E-state index in [-0.39, 0.29) is 0 Å². The summed E-state index contributed by atoms with van der Waals surface area (Å²) in [4.78, 5) is 0. The SMILES string of the molecule is CCc1nn(C)c(COc2c(Br)cc(Br)cc2Br)c1Br. The van der Waals surface area contributed by atoms with Gasteiger partial charge in [-0.2, -0.15) is 5.10 Å². The first-order valence-corrected chi connectivity index (χ1v) is 9.08. The minimum absolute atomic E-state index is 0.447. The molecule has 0 atom stereocenters. The van der Waals surface area contributed by atoms with Crippen molar-refractivity contribution in [2.45, 2.75) is 20.0 Å². The number of hydrogen-bond donors (Lipinski definition) is 0. The molecule has 0 unspecified atom stereocenters. The van der Waals surface area contributed by atoms with Gasteiger partial charge in [-0.25, -0.2) is 0 Å². The molecular weight excluding hydrogens is 520 g/mol. The molecule has 0 saturated heterocycles. The second-order valence-corrected chi connectivity index (χ2v) is 7.59. The summed E-state index contributed by atoms with van der Waals surface area (Å²) in [5.41, 5.74) is 2.06. The van der Waals surface area contributed by atoms with Crippen molar-refractivity contribution in [2.24, 2.45) is 7.05 Å². The number of rotatable bonds is 4. The van der Waals surface area contributed by atoms with E-state index in [2.05, 4.69) is 75.7 Å². The van der Waals surface area contributed by atoms with Gasteiger partial charge in [-0.15, -0.1) is 0 Å². The van der Waals surface area contributed by atoms with E-state index in [1.165, 1.54) is 0 Å². The number of benzene rings is 1. The Hall–Kier alpha value is 0.150. The van der Waals surface area contributed by atoms with Crippen LogP contribution >= 0.6 is 63.7 Å². The lowest BCUT2D eigenvalue weighted by Crippen LogP contribution is -2.04. The maximum Gasteiger partial charge on any atom is 0.148 e.